The topological polar surface area (TPSA) is 148 Å². The van der Waals surface area contributed by atoms with Gasteiger partial charge in [0.15, 0.2) is 0 Å². The van der Waals surface area contributed by atoms with E-state index in [0.717, 1.165) is 5.56 Å². The zero-order chi connectivity index (χ0) is 16.9. The maximum absolute atomic E-state index is 11.9. The van der Waals surface area contributed by atoms with Crippen LogP contribution < -0.4 is 22.1 Å². The SMILES string of the molecule is CC(C)(NC(=O)C(N)Cc1ccc(NC(=O)O)cc1)C(N)=O. The van der Waals surface area contributed by atoms with E-state index < -0.39 is 29.5 Å². The Hall–Kier alpha value is -2.61. The summed E-state index contributed by atoms with van der Waals surface area (Å²) in [6.07, 6.45) is -0.911. The van der Waals surface area contributed by atoms with Crippen LogP contribution in [-0.2, 0) is 16.0 Å². The summed E-state index contributed by atoms with van der Waals surface area (Å²) in [6.45, 7) is 2.98. The van der Waals surface area contributed by atoms with Gasteiger partial charge in [0, 0.05) is 5.69 Å². The van der Waals surface area contributed by atoms with Gasteiger partial charge in [-0.2, -0.15) is 0 Å². The summed E-state index contributed by atoms with van der Waals surface area (Å²) < 4.78 is 0. The van der Waals surface area contributed by atoms with E-state index in [1.54, 1.807) is 24.3 Å². The molecule has 1 aromatic carbocycles. The molecular weight excluding hydrogens is 288 g/mol. The van der Waals surface area contributed by atoms with Gasteiger partial charge in [-0.1, -0.05) is 12.1 Å². The molecule has 1 aromatic rings. The Morgan fingerprint density at radius 2 is 1.77 bits per heavy atom. The summed E-state index contributed by atoms with van der Waals surface area (Å²) in [5.74, 6) is -1.14. The van der Waals surface area contributed by atoms with Gasteiger partial charge < -0.3 is 21.9 Å². The van der Waals surface area contributed by atoms with Crippen LogP contribution in [0.15, 0.2) is 24.3 Å². The molecule has 0 aliphatic carbocycles. The minimum absolute atomic E-state index is 0.244. The van der Waals surface area contributed by atoms with Crippen molar-refractivity contribution in [2.75, 3.05) is 5.32 Å². The monoisotopic (exact) mass is 308 g/mol. The number of rotatable bonds is 6. The highest BCUT2D eigenvalue weighted by Crippen LogP contribution is 2.11. The maximum atomic E-state index is 11.9. The Labute approximate surface area is 127 Å². The average molecular weight is 308 g/mol. The molecule has 120 valence electrons. The van der Waals surface area contributed by atoms with E-state index in [-0.39, 0.29) is 6.42 Å². The summed E-state index contributed by atoms with van der Waals surface area (Å²) in [4.78, 5) is 33.6. The number of nitrogens with one attached hydrogen (secondary N) is 2. The third-order valence-corrected chi connectivity index (χ3v) is 3.05. The van der Waals surface area contributed by atoms with Crippen molar-refractivity contribution < 1.29 is 19.5 Å². The summed E-state index contributed by atoms with van der Waals surface area (Å²) in [6, 6.07) is 5.62. The number of primary amides is 1. The van der Waals surface area contributed by atoms with Crippen molar-refractivity contribution in [3.8, 4) is 0 Å². The number of hydrogen-bond donors (Lipinski definition) is 5. The lowest BCUT2D eigenvalue weighted by Gasteiger charge is -2.24. The lowest BCUT2D eigenvalue weighted by Crippen LogP contribution is -2.57. The van der Waals surface area contributed by atoms with Crippen molar-refractivity contribution in [2.24, 2.45) is 11.5 Å². The molecule has 7 N–H and O–H groups in total. The fourth-order valence-corrected chi connectivity index (χ4v) is 1.66. The van der Waals surface area contributed by atoms with Gasteiger partial charge in [-0.15, -0.1) is 0 Å². The second kappa shape index (κ2) is 6.90. The molecule has 1 rings (SSSR count). The molecule has 0 heterocycles. The van der Waals surface area contributed by atoms with Crippen LogP contribution in [0, 0.1) is 0 Å². The van der Waals surface area contributed by atoms with Crippen LogP contribution >= 0.6 is 0 Å². The Bertz CT molecular complexity index is 569. The van der Waals surface area contributed by atoms with Gasteiger partial charge in [-0.3, -0.25) is 14.9 Å². The molecule has 0 saturated heterocycles. The fraction of sp³-hybridized carbons (Fsp3) is 0.357. The van der Waals surface area contributed by atoms with Crippen molar-refractivity contribution in [3.63, 3.8) is 0 Å². The van der Waals surface area contributed by atoms with E-state index in [1.807, 2.05) is 0 Å². The standard InChI is InChI=1S/C14H20N4O4/c1-14(2,12(16)20)18-11(19)10(15)7-8-3-5-9(6-4-8)17-13(21)22/h3-6,10,17H,7,15H2,1-2H3,(H2,16,20)(H,18,19)(H,21,22). The molecule has 0 fully saturated rings. The predicted octanol–water partition coefficient (Wildman–Crippen LogP) is 0.0264. The quantitative estimate of drug-likeness (QED) is 0.502. The van der Waals surface area contributed by atoms with Gasteiger partial charge in [0.25, 0.3) is 0 Å². The lowest BCUT2D eigenvalue weighted by atomic mass is 10.0. The van der Waals surface area contributed by atoms with Crippen LogP contribution in [0.4, 0.5) is 10.5 Å². The highest BCUT2D eigenvalue weighted by atomic mass is 16.4. The molecule has 1 unspecified atom stereocenters. The Morgan fingerprint density at radius 1 is 1.23 bits per heavy atom. The lowest BCUT2D eigenvalue weighted by molar-refractivity contribution is -0.131. The van der Waals surface area contributed by atoms with Crippen molar-refractivity contribution in [2.45, 2.75) is 31.8 Å². The molecule has 8 heteroatoms. The molecule has 22 heavy (non-hydrogen) atoms. The number of carboxylic acid groups (broad SMARTS) is 1. The van der Waals surface area contributed by atoms with Crippen molar-refractivity contribution >= 4 is 23.6 Å². The number of anilines is 1. The number of carbonyl (C=O) groups is 3. The van der Waals surface area contributed by atoms with Crippen LogP contribution in [0.2, 0.25) is 0 Å². The van der Waals surface area contributed by atoms with Gasteiger partial charge in [-0.25, -0.2) is 4.79 Å². The van der Waals surface area contributed by atoms with Crippen LogP contribution in [0.3, 0.4) is 0 Å². The van der Waals surface area contributed by atoms with Gasteiger partial charge in [0.1, 0.15) is 5.54 Å². The largest absolute Gasteiger partial charge is 0.465 e. The smallest absolute Gasteiger partial charge is 0.409 e. The zero-order valence-electron chi connectivity index (χ0n) is 12.4. The maximum Gasteiger partial charge on any atom is 0.409 e. The minimum Gasteiger partial charge on any atom is -0.465 e. The second-order valence-electron chi connectivity index (χ2n) is 5.42. The zero-order valence-corrected chi connectivity index (χ0v) is 12.4. The van der Waals surface area contributed by atoms with E-state index in [4.69, 9.17) is 16.6 Å². The van der Waals surface area contributed by atoms with E-state index in [2.05, 4.69) is 10.6 Å². The van der Waals surface area contributed by atoms with E-state index in [9.17, 15) is 14.4 Å². The molecule has 3 amide bonds. The number of nitrogens with two attached hydrogens (primary N) is 2. The molecule has 0 spiro atoms. The predicted molar refractivity (Wildman–Crippen MR) is 81.2 cm³/mol. The summed E-state index contributed by atoms with van der Waals surface area (Å²) in [7, 11) is 0. The molecule has 0 aromatic heterocycles. The Morgan fingerprint density at radius 3 is 2.23 bits per heavy atom. The summed E-state index contributed by atoms with van der Waals surface area (Å²) in [5, 5.41) is 13.3. The molecule has 0 aliphatic rings. The molecule has 0 radical (unpaired) electrons. The van der Waals surface area contributed by atoms with Gasteiger partial charge in [0.2, 0.25) is 11.8 Å². The number of benzene rings is 1. The van der Waals surface area contributed by atoms with Crippen LogP contribution in [0.25, 0.3) is 0 Å². The minimum atomic E-state index is -1.18. The first kappa shape index (κ1) is 17.4. The summed E-state index contributed by atoms with van der Waals surface area (Å²) >= 11 is 0. The first-order valence-electron chi connectivity index (χ1n) is 6.58. The molecule has 0 saturated carbocycles. The second-order valence-corrected chi connectivity index (χ2v) is 5.42. The molecule has 8 nitrogen and oxygen atoms in total. The first-order chi connectivity index (χ1) is 10.1. The first-order valence-corrected chi connectivity index (χ1v) is 6.58. The normalized spacial score (nSPS) is 12.3. The van der Waals surface area contributed by atoms with Crippen molar-refractivity contribution in [3.05, 3.63) is 29.8 Å². The number of amides is 3. The number of carbonyl (C=O) groups excluding carboxylic acids is 2. The average Bonchev–Trinajstić information content (AvgIpc) is 2.39. The molecule has 0 aliphatic heterocycles. The Balaban J connectivity index is 2.64. The van der Waals surface area contributed by atoms with E-state index >= 15 is 0 Å². The third kappa shape index (κ3) is 5.06. The highest BCUT2D eigenvalue weighted by molar-refractivity contribution is 5.91. The number of hydrogen-bond acceptors (Lipinski definition) is 4. The van der Waals surface area contributed by atoms with Crippen LogP contribution in [0.5, 0.6) is 0 Å². The van der Waals surface area contributed by atoms with Crippen molar-refractivity contribution in [1.82, 2.24) is 5.32 Å². The highest BCUT2D eigenvalue weighted by Gasteiger charge is 2.29. The fourth-order valence-electron chi connectivity index (χ4n) is 1.66. The van der Waals surface area contributed by atoms with Gasteiger partial charge in [-0.05, 0) is 38.0 Å². The molecule has 0 bridgehead atoms. The van der Waals surface area contributed by atoms with E-state index in [1.165, 1.54) is 13.8 Å². The van der Waals surface area contributed by atoms with Gasteiger partial charge in [0.05, 0.1) is 6.04 Å². The van der Waals surface area contributed by atoms with Crippen LogP contribution in [-0.4, -0.2) is 34.6 Å². The summed E-state index contributed by atoms with van der Waals surface area (Å²) in [5.41, 5.74) is 11.0. The van der Waals surface area contributed by atoms with Gasteiger partial charge >= 0.3 is 6.09 Å². The van der Waals surface area contributed by atoms with Crippen LogP contribution in [0.1, 0.15) is 19.4 Å². The van der Waals surface area contributed by atoms with Crippen molar-refractivity contribution in [1.29, 1.82) is 0 Å². The molecule has 1 atom stereocenters. The third-order valence-electron chi connectivity index (χ3n) is 3.05. The van der Waals surface area contributed by atoms with E-state index in [0.29, 0.717) is 5.69 Å². The molecular formula is C14H20N4O4. The Kier molecular flexibility index (Phi) is 5.47.